The van der Waals surface area contributed by atoms with Crippen molar-refractivity contribution in [3.05, 3.63) is 12.2 Å². The Bertz CT molecular complexity index is 110. The molecule has 0 spiro atoms. The van der Waals surface area contributed by atoms with Crippen LogP contribution in [-0.2, 0) is 4.74 Å². The Hall–Kier alpha value is -0.340. The van der Waals surface area contributed by atoms with E-state index in [-0.39, 0.29) is 6.61 Å². The van der Waals surface area contributed by atoms with E-state index < -0.39 is 0 Å². The zero-order valence-electron chi connectivity index (χ0n) is 8.12. The summed E-state index contributed by atoms with van der Waals surface area (Å²) in [5.41, 5.74) is 0. The maximum Gasteiger partial charge on any atom is 0.0612 e. The van der Waals surface area contributed by atoms with E-state index in [4.69, 9.17) is 9.84 Å². The van der Waals surface area contributed by atoms with Crippen molar-refractivity contribution in [2.24, 2.45) is 0 Å². The molecule has 2 heteroatoms. The van der Waals surface area contributed by atoms with Crippen molar-refractivity contribution >= 4 is 0 Å². The summed E-state index contributed by atoms with van der Waals surface area (Å²) in [6.45, 7) is 2.31. The average Bonchev–Trinajstić information content (AvgIpc) is 2.11. The lowest BCUT2D eigenvalue weighted by Gasteiger charge is -2.11. The number of rotatable bonds is 7. The summed E-state index contributed by atoms with van der Waals surface area (Å²) in [4.78, 5) is 0. The number of ether oxygens (including phenoxy) is 1. The van der Waals surface area contributed by atoms with E-state index in [1.807, 2.05) is 6.08 Å². The molecule has 0 amide bonds. The first-order valence-electron chi connectivity index (χ1n) is 4.63. The standard InChI is InChI=1S/C10H20O2/c1-3-4-7-10(12-2)8-5-6-9-11/h5-6,10-11H,3-4,7-9H2,1-2H3/b6-5+. The van der Waals surface area contributed by atoms with E-state index in [9.17, 15) is 0 Å². The van der Waals surface area contributed by atoms with Crippen molar-refractivity contribution in [3.63, 3.8) is 0 Å². The summed E-state index contributed by atoms with van der Waals surface area (Å²) in [6, 6.07) is 0. The van der Waals surface area contributed by atoms with Crippen LogP contribution in [-0.4, -0.2) is 24.9 Å². The fourth-order valence-electron chi connectivity index (χ4n) is 1.09. The Morgan fingerprint density at radius 3 is 2.67 bits per heavy atom. The highest BCUT2D eigenvalue weighted by molar-refractivity contribution is 4.83. The van der Waals surface area contributed by atoms with Gasteiger partial charge in [-0.3, -0.25) is 0 Å². The predicted octanol–water partition coefficient (Wildman–Crippen LogP) is 2.13. The van der Waals surface area contributed by atoms with Crippen molar-refractivity contribution in [3.8, 4) is 0 Å². The Kier molecular flexibility index (Phi) is 8.51. The van der Waals surface area contributed by atoms with Crippen LogP contribution in [0.5, 0.6) is 0 Å². The molecule has 0 fully saturated rings. The van der Waals surface area contributed by atoms with E-state index in [0.29, 0.717) is 6.10 Å². The van der Waals surface area contributed by atoms with Gasteiger partial charge in [0.1, 0.15) is 0 Å². The second kappa shape index (κ2) is 8.75. The largest absolute Gasteiger partial charge is 0.392 e. The molecule has 0 bridgehead atoms. The smallest absolute Gasteiger partial charge is 0.0612 e. The van der Waals surface area contributed by atoms with E-state index >= 15 is 0 Å². The fraction of sp³-hybridized carbons (Fsp3) is 0.800. The van der Waals surface area contributed by atoms with Crippen molar-refractivity contribution in [2.75, 3.05) is 13.7 Å². The molecule has 12 heavy (non-hydrogen) atoms. The van der Waals surface area contributed by atoms with Crippen LogP contribution >= 0.6 is 0 Å². The molecule has 2 nitrogen and oxygen atoms in total. The van der Waals surface area contributed by atoms with E-state index in [1.165, 1.54) is 12.8 Å². The summed E-state index contributed by atoms with van der Waals surface area (Å²) < 4.78 is 5.27. The van der Waals surface area contributed by atoms with Gasteiger partial charge in [-0.1, -0.05) is 31.9 Å². The van der Waals surface area contributed by atoms with E-state index in [2.05, 4.69) is 6.92 Å². The lowest BCUT2D eigenvalue weighted by Crippen LogP contribution is -2.08. The highest BCUT2D eigenvalue weighted by atomic mass is 16.5. The fourth-order valence-corrected chi connectivity index (χ4v) is 1.09. The molecule has 0 saturated heterocycles. The minimum Gasteiger partial charge on any atom is -0.392 e. The minimum absolute atomic E-state index is 0.129. The van der Waals surface area contributed by atoms with Gasteiger partial charge >= 0.3 is 0 Å². The van der Waals surface area contributed by atoms with Crippen molar-refractivity contribution in [2.45, 2.75) is 38.7 Å². The van der Waals surface area contributed by atoms with Gasteiger partial charge in [0.15, 0.2) is 0 Å². The maximum absolute atomic E-state index is 8.50. The van der Waals surface area contributed by atoms with Crippen molar-refractivity contribution in [1.29, 1.82) is 0 Å². The molecule has 72 valence electrons. The van der Waals surface area contributed by atoms with Crippen LogP contribution < -0.4 is 0 Å². The molecule has 1 atom stereocenters. The van der Waals surface area contributed by atoms with Crippen LogP contribution in [0.2, 0.25) is 0 Å². The van der Waals surface area contributed by atoms with Crippen molar-refractivity contribution < 1.29 is 9.84 Å². The topological polar surface area (TPSA) is 29.5 Å². The molecule has 0 heterocycles. The SMILES string of the molecule is CCCCC(C/C=C/CO)OC. The summed E-state index contributed by atoms with van der Waals surface area (Å²) in [5.74, 6) is 0. The lowest BCUT2D eigenvalue weighted by molar-refractivity contribution is 0.0956. The molecule has 0 aliphatic heterocycles. The third-order valence-corrected chi connectivity index (χ3v) is 1.88. The zero-order valence-corrected chi connectivity index (χ0v) is 8.12. The van der Waals surface area contributed by atoms with Gasteiger partial charge in [0.25, 0.3) is 0 Å². The summed E-state index contributed by atoms with van der Waals surface area (Å²) in [7, 11) is 1.74. The molecule has 0 aromatic carbocycles. The zero-order chi connectivity index (χ0) is 9.23. The van der Waals surface area contributed by atoms with Gasteiger partial charge in [0.05, 0.1) is 12.7 Å². The molecular weight excluding hydrogens is 152 g/mol. The molecule has 0 aliphatic rings. The molecule has 0 aromatic rings. The van der Waals surface area contributed by atoms with E-state index in [0.717, 1.165) is 12.8 Å². The first-order valence-corrected chi connectivity index (χ1v) is 4.63. The van der Waals surface area contributed by atoms with Gasteiger partial charge in [-0.15, -0.1) is 0 Å². The summed E-state index contributed by atoms with van der Waals surface area (Å²) >= 11 is 0. The Morgan fingerprint density at radius 1 is 1.42 bits per heavy atom. The summed E-state index contributed by atoms with van der Waals surface area (Å²) in [5, 5.41) is 8.50. The van der Waals surface area contributed by atoms with Crippen LogP contribution in [0.4, 0.5) is 0 Å². The van der Waals surface area contributed by atoms with Gasteiger partial charge in [-0.25, -0.2) is 0 Å². The van der Waals surface area contributed by atoms with E-state index in [1.54, 1.807) is 13.2 Å². The number of hydrogen-bond donors (Lipinski definition) is 1. The number of methoxy groups -OCH3 is 1. The molecule has 0 rings (SSSR count). The first kappa shape index (κ1) is 11.7. The summed E-state index contributed by atoms with van der Waals surface area (Å²) in [6.07, 6.45) is 8.52. The number of unbranched alkanes of at least 4 members (excludes halogenated alkanes) is 1. The van der Waals surface area contributed by atoms with Crippen molar-refractivity contribution in [1.82, 2.24) is 0 Å². The van der Waals surface area contributed by atoms with Crippen LogP contribution in [0.25, 0.3) is 0 Å². The number of hydrogen-bond acceptors (Lipinski definition) is 2. The van der Waals surface area contributed by atoms with Gasteiger partial charge in [-0.2, -0.15) is 0 Å². The number of aliphatic hydroxyl groups excluding tert-OH is 1. The minimum atomic E-state index is 0.129. The van der Waals surface area contributed by atoms with Crippen LogP contribution in [0.15, 0.2) is 12.2 Å². The molecular formula is C10H20O2. The highest BCUT2D eigenvalue weighted by Crippen LogP contribution is 2.08. The van der Waals surface area contributed by atoms with Gasteiger partial charge in [0, 0.05) is 7.11 Å². The molecule has 0 saturated carbocycles. The Morgan fingerprint density at radius 2 is 2.17 bits per heavy atom. The second-order valence-corrected chi connectivity index (χ2v) is 2.89. The third-order valence-electron chi connectivity index (χ3n) is 1.88. The van der Waals surface area contributed by atoms with Gasteiger partial charge in [0.2, 0.25) is 0 Å². The molecule has 1 N–H and O–H groups in total. The predicted molar refractivity (Wildman–Crippen MR) is 51.2 cm³/mol. The van der Waals surface area contributed by atoms with Gasteiger partial charge < -0.3 is 9.84 Å². The highest BCUT2D eigenvalue weighted by Gasteiger charge is 2.02. The molecule has 0 aliphatic carbocycles. The molecule has 1 unspecified atom stereocenters. The molecule has 0 aromatic heterocycles. The van der Waals surface area contributed by atoms with Crippen LogP contribution in [0.1, 0.15) is 32.6 Å². The first-order chi connectivity index (χ1) is 5.85. The van der Waals surface area contributed by atoms with Gasteiger partial charge in [-0.05, 0) is 12.8 Å². The lowest BCUT2D eigenvalue weighted by atomic mass is 10.1. The van der Waals surface area contributed by atoms with Crippen LogP contribution in [0.3, 0.4) is 0 Å². The normalized spacial score (nSPS) is 13.9. The Balaban J connectivity index is 3.45. The second-order valence-electron chi connectivity index (χ2n) is 2.89. The quantitative estimate of drug-likeness (QED) is 0.596. The third kappa shape index (κ3) is 6.38. The Labute approximate surface area is 75.2 Å². The number of aliphatic hydroxyl groups is 1. The molecule has 0 radical (unpaired) electrons. The monoisotopic (exact) mass is 172 g/mol. The maximum atomic E-state index is 8.50. The van der Waals surface area contributed by atoms with Crippen LogP contribution in [0, 0.1) is 0 Å². The average molecular weight is 172 g/mol.